The van der Waals surface area contributed by atoms with Gasteiger partial charge in [0.2, 0.25) is 0 Å². The van der Waals surface area contributed by atoms with Gasteiger partial charge in [-0.05, 0) is 89.0 Å². The molecule has 1 saturated carbocycles. The van der Waals surface area contributed by atoms with Crippen LogP contribution in [0.15, 0.2) is 24.5 Å². The number of aromatic nitrogens is 1. The molecule has 0 bridgehead atoms. The minimum absolute atomic E-state index is 0.290. The number of carbonyl (C=O) groups excluding carboxylic acids is 2. The van der Waals surface area contributed by atoms with Gasteiger partial charge in [0.25, 0.3) is 0 Å². The molecular weight excluding hydrogens is 516 g/mol. The average Bonchev–Trinajstić information content (AvgIpc) is 3.29. The smallest absolute Gasteiger partial charge is 0.341 e. The normalized spacial score (nSPS) is 17.6. The van der Waals surface area contributed by atoms with E-state index in [0.29, 0.717) is 17.1 Å². The van der Waals surface area contributed by atoms with Gasteiger partial charge in [0.15, 0.2) is 0 Å². The summed E-state index contributed by atoms with van der Waals surface area (Å²) in [5.41, 5.74) is 3.58. The maximum absolute atomic E-state index is 13.2. The van der Waals surface area contributed by atoms with E-state index < -0.39 is 5.60 Å². The standard InChI is InChI=1S/C29H36N4O3S2/c1-29(2,3)36-27(34)24-20-8-4-5-9-22(20)37-25(24)31-28(35)30-16-21-19-12-15-33(18-10-11-18)17-23(19)38-26(21)32-13-6-7-14-32/h6-7,13-14,18H,4-5,8-12,15-17H2,1-3H3,(H2,30,31,35). The van der Waals surface area contributed by atoms with Crippen molar-refractivity contribution in [3.05, 3.63) is 56.5 Å². The number of anilines is 1. The Morgan fingerprint density at radius 3 is 2.53 bits per heavy atom. The Labute approximate surface area is 232 Å². The maximum Gasteiger partial charge on any atom is 0.341 e. The molecular formula is C29H36N4O3S2. The van der Waals surface area contributed by atoms with E-state index in [2.05, 4.69) is 32.5 Å². The number of esters is 1. The first kappa shape index (κ1) is 25.6. The third-order valence-corrected chi connectivity index (χ3v) is 9.98. The molecule has 3 aliphatic rings. The van der Waals surface area contributed by atoms with Gasteiger partial charge in [-0.3, -0.25) is 10.2 Å². The Kier molecular flexibility index (Phi) is 6.86. The fourth-order valence-corrected chi connectivity index (χ4v) is 8.23. The number of hydrogen-bond donors (Lipinski definition) is 2. The van der Waals surface area contributed by atoms with Gasteiger partial charge < -0.3 is 14.6 Å². The first-order valence-electron chi connectivity index (χ1n) is 13.7. The van der Waals surface area contributed by atoms with Gasteiger partial charge in [-0.25, -0.2) is 9.59 Å². The molecule has 4 heterocycles. The lowest BCUT2D eigenvalue weighted by molar-refractivity contribution is 0.00699. The highest BCUT2D eigenvalue weighted by Gasteiger charge is 2.34. The molecule has 3 aromatic heterocycles. The predicted octanol–water partition coefficient (Wildman–Crippen LogP) is 6.28. The van der Waals surface area contributed by atoms with Crippen molar-refractivity contribution in [1.29, 1.82) is 0 Å². The van der Waals surface area contributed by atoms with Gasteiger partial charge in [0, 0.05) is 53.4 Å². The molecule has 0 saturated heterocycles. The van der Waals surface area contributed by atoms with Crippen LogP contribution >= 0.6 is 22.7 Å². The number of thiophene rings is 2. The van der Waals surface area contributed by atoms with Gasteiger partial charge in [-0.15, -0.1) is 22.7 Å². The summed E-state index contributed by atoms with van der Waals surface area (Å²) in [7, 11) is 0. The van der Waals surface area contributed by atoms with Crippen LogP contribution in [0, 0.1) is 0 Å². The van der Waals surface area contributed by atoms with E-state index in [-0.39, 0.29) is 12.0 Å². The molecule has 0 atom stereocenters. The summed E-state index contributed by atoms with van der Waals surface area (Å²) in [5, 5.41) is 7.91. The van der Waals surface area contributed by atoms with Gasteiger partial charge in [0.05, 0.1) is 5.56 Å². The van der Waals surface area contributed by atoms with Crippen molar-refractivity contribution < 1.29 is 14.3 Å². The molecule has 0 radical (unpaired) electrons. The molecule has 6 rings (SSSR count). The second kappa shape index (κ2) is 10.2. The highest BCUT2D eigenvalue weighted by molar-refractivity contribution is 7.17. The number of ether oxygens (including phenoxy) is 1. The molecule has 0 spiro atoms. The number of rotatable bonds is 6. The first-order chi connectivity index (χ1) is 18.3. The van der Waals surface area contributed by atoms with E-state index in [1.54, 1.807) is 0 Å². The number of aryl methyl sites for hydroxylation is 1. The summed E-state index contributed by atoms with van der Waals surface area (Å²) in [6.45, 7) is 8.15. The molecule has 38 heavy (non-hydrogen) atoms. The van der Waals surface area contributed by atoms with Gasteiger partial charge in [-0.2, -0.15) is 0 Å². The minimum atomic E-state index is -0.595. The Morgan fingerprint density at radius 1 is 1.03 bits per heavy atom. The van der Waals surface area contributed by atoms with Crippen molar-refractivity contribution in [1.82, 2.24) is 14.8 Å². The zero-order valence-electron chi connectivity index (χ0n) is 22.4. The predicted molar refractivity (Wildman–Crippen MR) is 153 cm³/mol. The van der Waals surface area contributed by atoms with E-state index in [1.807, 2.05) is 44.2 Å². The van der Waals surface area contributed by atoms with Crippen molar-refractivity contribution >= 4 is 39.7 Å². The van der Waals surface area contributed by atoms with Gasteiger partial charge >= 0.3 is 12.0 Å². The lowest BCUT2D eigenvalue weighted by Crippen LogP contribution is -2.33. The number of carbonyl (C=O) groups is 2. The quantitative estimate of drug-likeness (QED) is 0.353. The zero-order chi connectivity index (χ0) is 26.4. The number of amides is 2. The minimum Gasteiger partial charge on any atom is -0.456 e. The topological polar surface area (TPSA) is 75.6 Å². The largest absolute Gasteiger partial charge is 0.456 e. The van der Waals surface area contributed by atoms with Crippen molar-refractivity contribution in [3.63, 3.8) is 0 Å². The number of hydrogen-bond acceptors (Lipinski definition) is 6. The van der Waals surface area contributed by atoms with E-state index in [0.717, 1.165) is 56.8 Å². The highest BCUT2D eigenvalue weighted by atomic mass is 32.1. The van der Waals surface area contributed by atoms with Crippen LogP contribution in [0.5, 0.6) is 0 Å². The molecule has 0 unspecified atom stereocenters. The lowest BCUT2D eigenvalue weighted by Gasteiger charge is -2.27. The monoisotopic (exact) mass is 552 g/mol. The van der Waals surface area contributed by atoms with Crippen LogP contribution < -0.4 is 10.6 Å². The van der Waals surface area contributed by atoms with Crippen molar-refractivity contribution in [2.24, 2.45) is 0 Å². The average molecular weight is 553 g/mol. The van der Waals surface area contributed by atoms with E-state index in [9.17, 15) is 9.59 Å². The summed E-state index contributed by atoms with van der Waals surface area (Å²) in [6.07, 6.45) is 11.7. The second-order valence-electron chi connectivity index (χ2n) is 11.6. The van der Waals surface area contributed by atoms with Crippen molar-refractivity contribution in [3.8, 4) is 5.00 Å². The molecule has 2 N–H and O–H groups in total. The molecule has 202 valence electrons. The molecule has 2 amide bonds. The molecule has 2 aliphatic carbocycles. The van der Waals surface area contributed by atoms with Gasteiger partial charge in [-0.1, -0.05) is 0 Å². The Morgan fingerprint density at radius 2 is 1.79 bits per heavy atom. The third kappa shape index (κ3) is 5.28. The van der Waals surface area contributed by atoms with Crippen LogP contribution in [-0.2, 0) is 37.1 Å². The lowest BCUT2D eigenvalue weighted by atomic mass is 9.95. The highest BCUT2D eigenvalue weighted by Crippen LogP contribution is 2.40. The number of nitrogens with one attached hydrogen (secondary N) is 2. The maximum atomic E-state index is 13.2. The van der Waals surface area contributed by atoms with Crippen LogP contribution in [0.1, 0.15) is 83.3 Å². The summed E-state index contributed by atoms with van der Waals surface area (Å²) in [6, 6.07) is 4.54. The summed E-state index contributed by atoms with van der Waals surface area (Å²) in [4.78, 5) is 31.6. The first-order valence-corrected chi connectivity index (χ1v) is 15.3. The van der Waals surface area contributed by atoms with Crippen LogP contribution in [-0.4, -0.2) is 39.7 Å². The number of urea groups is 1. The third-order valence-electron chi connectivity index (χ3n) is 7.50. The molecule has 0 aromatic carbocycles. The van der Waals surface area contributed by atoms with E-state index >= 15 is 0 Å². The van der Waals surface area contributed by atoms with E-state index in [4.69, 9.17) is 4.74 Å². The fraction of sp³-hybridized carbons (Fsp3) is 0.517. The van der Waals surface area contributed by atoms with Crippen LogP contribution in [0.2, 0.25) is 0 Å². The number of fused-ring (bicyclic) bond motifs is 2. The Balaban J connectivity index is 1.22. The molecule has 1 fully saturated rings. The Hall–Kier alpha value is -2.62. The molecule has 3 aromatic rings. The van der Waals surface area contributed by atoms with Crippen LogP contribution in [0.4, 0.5) is 9.80 Å². The Bertz CT molecular complexity index is 1340. The zero-order valence-corrected chi connectivity index (χ0v) is 24.0. The number of nitrogens with zero attached hydrogens (tertiary/aromatic N) is 2. The summed E-state index contributed by atoms with van der Waals surface area (Å²) in [5.74, 6) is -0.353. The van der Waals surface area contributed by atoms with Crippen molar-refractivity contribution in [2.45, 2.75) is 90.4 Å². The van der Waals surface area contributed by atoms with Crippen LogP contribution in [0.25, 0.3) is 5.00 Å². The molecule has 1 aliphatic heterocycles. The molecule has 7 nitrogen and oxygen atoms in total. The van der Waals surface area contributed by atoms with E-state index in [1.165, 1.54) is 50.1 Å². The summed E-state index contributed by atoms with van der Waals surface area (Å²) >= 11 is 3.36. The fourth-order valence-electron chi connectivity index (χ4n) is 5.60. The molecule has 9 heteroatoms. The second-order valence-corrected chi connectivity index (χ2v) is 13.7. The SMILES string of the molecule is CC(C)(C)OC(=O)c1c(NC(=O)NCc2c(-n3cccc3)sc3c2CCN(C2CC2)C3)sc2c1CCCC2. The van der Waals surface area contributed by atoms with Gasteiger partial charge in [0.1, 0.15) is 15.6 Å². The van der Waals surface area contributed by atoms with Crippen molar-refractivity contribution in [2.75, 3.05) is 11.9 Å². The summed E-state index contributed by atoms with van der Waals surface area (Å²) < 4.78 is 7.89. The van der Waals surface area contributed by atoms with Crippen LogP contribution in [0.3, 0.4) is 0 Å².